The fourth-order valence-electron chi connectivity index (χ4n) is 2.86. The quantitative estimate of drug-likeness (QED) is 0.596. The van der Waals surface area contributed by atoms with Crippen molar-refractivity contribution >= 4 is 39.1 Å². The predicted octanol–water partition coefficient (Wildman–Crippen LogP) is 3.21. The second-order valence-corrected chi connectivity index (χ2v) is 9.36. The average molecular weight is 473 g/mol. The summed E-state index contributed by atoms with van der Waals surface area (Å²) in [5, 5.41) is 3.74. The molecule has 3 rings (SSSR count). The third-order valence-corrected chi connectivity index (χ3v) is 6.93. The number of carbonyl (C=O) groups excluding carboxylic acids is 1. The van der Waals surface area contributed by atoms with Gasteiger partial charge >= 0.3 is 0 Å². The van der Waals surface area contributed by atoms with Gasteiger partial charge in [-0.1, -0.05) is 23.2 Å². The van der Waals surface area contributed by atoms with Crippen molar-refractivity contribution in [1.82, 2.24) is 9.62 Å². The molecule has 1 heterocycles. The van der Waals surface area contributed by atoms with Crippen LogP contribution in [0.5, 0.6) is 5.75 Å². The molecule has 0 spiro atoms. The number of hydrogen-bond donors (Lipinski definition) is 1. The molecule has 0 aliphatic carbocycles. The lowest BCUT2D eigenvalue weighted by molar-refractivity contribution is 0.0730. The summed E-state index contributed by atoms with van der Waals surface area (Å²) in [5.41, 5.74) is 0.387. The van der Waals surface area contributed by atoms with Crippen molar-refractivity contribution in [2.45, 2.75) is 11.3 Å². The van der Waals surface area contributed by atoms with Crippen molar-refractivity contribution in [3.63, 3.8) is 0 Å². The van der Waals surface area contributed by atoms with Gasteiger partial charge in [0.05, 0.1) is 29.7 Å². The van der Waals surface area contributed by atoms with Crippen LogP contribution in [0.2, 0.25) is 10.0 Å². The average Bonchev–Trinajstić information content (AvgIpc) is 2.75. The van der Waals surface area contributed by atoms with E-state index in [9.17, 15) is 13.2 Å². The van der Waals surface area contributed by atoms with Crippen molar-refractivity contribution in [1.29, 1.82) is 0 Å². The second-order valence-electron chi connectivity index (χ2n) is 6.57. The highest BCUT2D eigenvalue weighted by atomic mass is 35.5. The maximum atomic E-state index is 12.6. The van der Waals surface area contributed by atoms with Crippen LogP contribution < -0.4 is 10.1 Å². The third-order valence-electron chi connectivity index (χ3n) is 4.48. The Labute approximate surface area is 185 Å². The van der Waals surface area contributed by atoms with Crippen LogP contribution in [0, 0.1) is 0 Å². The summed E-state index contributed by atoms with van der Waals surface area (Å²) in [6, 6.07) is 10.9. The molecule has 0 saturated carbocycles. The number of benzene rings is 2. The molecule has 1 N–H and O–H groups in total. The number of nitrogens with one attached hydrogen (secondary N) is 1. The highest BCUT2D eigenvalue weighted by Crippen LogP contribution is 2.27. The summed E-state index contributed by atoms with van der Waals surface area (Å²) in [5.74, 6) is 0.249. The van der Waals surface area contributed by atoms with Crippen LogP contribution in [0.3, 0.4) is 0 Å². The van der Waals surface area contributed by atoms with E-state index in [1.807, 2.05) is 0 Å². The van der Waals surface area contributed by atoms with Gasteiger partial charge in [-0.05, 0) is 48.9 Å². The number of ether oxygens (including phenoxy) is 2. The molecule has 0 unspecified atom stereocenters. The monoisotopic (exact) mass is 472 g/mol. The van der Waals surface area contributed by atoms with Crippen LogP contribution in [0.1, 0.15) is 16.8 Å². The predicted molar refractivity (Wildman–Crippen MR) is 115 cm³/mol. The molecule has 0 atom stereocenters. The van der Waals surface area contributed by atoms with Crippen molar-refractivity contribution in [3.05, 3.63) is 58.1 Å². The number of halogens is 2. The van der Waals surface area contributed by atoms with Crippen molar-refractivity contribution in [2.24, 2.45) is 0 Å². The molecule has 0 aromatic heterocycles. The minimum atomic E-state index is -3.58. The zero-order valence-electron chi connectivity index (χ0n) is 16.1. The van der Waals surface area contributed by atoms with Crippen LogP contribution >= 0.6 is 23.2 Å². The fourth-order valence-corrected chi connectivity index (χ4v) is 4.74. The third kappa shape index (κ3) is 5.86. The van der Waals surface area contributed by atoms with E-state index >= 15 is 0 Å². The maximum Gasteiger partial charge on any atom is 0.251 e. The molecule has 2 aromatic rings. The first-order chi connectivity index (χ1) is 14.4. The SMILES string of the molecule is O=C(NCCCOc1ccc(Cl)cc1Cl)c1ccc(S(=O)(=O)N2CCOCC2)cc1. The zero-order chi connectivity index (χ0) is 21.6. The lowest BCUT2D eigenvalue weighted by Gasteiger charge is -2.26. The standard InChI is InChI=1S/C20H22Cl2N2O5S/c21-16-4-7-19(18(22)14-16)29-11-1-8-23-20(25)15-2-5-17(6-3-15)30(26,27)24-9-12-28-13-10-24/h2-7,14H,1,8-13H2,(H,23,25). The van der Waals surface area contributed by atoms with E-state index in [1.165, 1.54) is 28.6 Å². The Hall–Kier alpha value is -1.84. The van der Waals surface area contributed by atoms with E-state index in [4.69, 9.17) is 32.7 Å². The number of sulfonamides is 1. The topological polar surface area (TPSA) is 84.9 Å². The van der Waals surface area contributed by atoms with Gasteiger partial charge in [-0.3, -0.25) is 4.79 Å². The van der Waals surface area contributed by atoms with Gasteiger partial charge in [0.25, 0.3) is 5.91 Å². The molecule has 10 heteroatoms. The molecule has 0 radical (unpaired) electrons. The van der Waals surface area contributed by atoms with E-state index in [-0.39, 0.29) is 10.8 Å². The summed E-state index contributed by atoms with van der Waals surface area (Å²) in [6.45, 7) is 2.19. The van der Waals surface area contributed by atoms with E-state index in [2.05, 4.69) is 5.32 Å². The Kier molecular flexibility index (Phi) is 7.96. The van der Waals surface area contributed by atoms with Crippen molar-refractivity contribution in [2.75, 3.05) is 39.5 Å². The highest BCUT2D eigenvalue weighted by molar-refractivity contribution is 7.89. The Balaban J connectivity index is 1.46. The minimum Gasteiger partial charge on any atom is -0.492 e. The molecular formula is C20H22Cl2N2O5S. The van der Waals surface area contributed by atoms with Gasteiger partial charge in [-0.25, -0.2) is 8.42 Å². The number of carbonyl (C=O) groups is 1. The summed E-state index contributed by atoms with van der Waals surface area (Å²) in [4.78, 5) is 12.4. The van der Waals surface area contributed by atoms with E-state index < -0.39 is 10.0 Å². The molecule has 30 heavy (non-hydrogen) atoms. The Bertz CT molecular complexity index is 977. The summed E-state index contributed by atoms with van der Waals surface area (Å²) in [6.07, 6.45) is 0.578. The normalized spacial score (nSPS) is 15.0. The van der Waals surface area contributed by atoms with Gasteiger partial charge in [0.15, 0.2) is 0 Å². The van der Waals surface area contributed by atoms with Gasteiger partial charge in [-0.15, -0.1) is 0 Å². The maximum absolute atomic E-state index is 12.6. The van der Waals surface area contributed by atoms with Crippen LogP contribution in [0.25, 0.3) is 0 Å². The van der Waals surface area contributed by atoms with Crippen molar-refractivity contribution < 1.29 is 22.7 Å². The summed E-state index contributed by atoms with van der Waals surface area (Å²) >= 11 is 11.9. The first-order valence-electron chi connectivity index (χ1n) is 9.42. The van der Waals surface area contributed by atoms with Crippen molar-refractivity contribution in [3.8, 4) is 5.75 Å². The second kappa shape index (κ2) is 10.5. The first kappa shape index (κ1) is 22.8. The molecule has 1 fully saturated rings. The molecule has 1 amide bonds. The molecule has 1 aliphatic rings. The highest BCUT2D eigenvalue weighted by Gasteiger charge is 2.26. The van der Waals surface area contributed by atoms with E-state index in [1.54, 1.807) is 18.2 Å². The summed E-state index contributed by atoms with van der Waals surface area (Å²) in [7, 11) is -3.58. The molecule has 7 nitrogen and oxygen atoms in total. The zero-order valence-corrected chi connectivity index (χ0v) is 18.5. The number of morpholine rings is 1. The Morgan fingerprint density at radius 1 is 1.10 bits per heavy atom. The van der Waals surface area contributed by atoms with Crippen LogP contribution in [0.15, 0.2) is 47.4 Å². The minimum absolute atomic E-state index is 0.161. The fraction of sp³-hybridized carbons (Fsp3) is 0.350. The number of amides is 1. The number of rotatable bonds is 8. The lowest BCUT2D eigenvalue weighted by atomic mass is 10.2. The molecule has 1 aliphatic heterocycles. The molecule has 1 saturated heterocycles. The molecule has 162 valence electrons. The smallest absolute Gasteiger partial charge is 0.251 e. The lowest BCUT2D eigenvalue weighted by Crippen LogP contribution is -2.40. The molecular weight excluding hydrogens is 451 g/mol. The van der Waals surface area contributed by atoms with Gasteiger partial charge in [0.2, 0.25) is 10.0 Å². The van der Waals surface area contributed by atoms with Gasteiger partial charge in [0, 0.05) is 30.2 Å². The van der Waals surface area contributed by atoms with Gasteiger partial charge < -0.3 is 14.8 Å². The van der Waals surface area contributed by atoms with E-state index in [0.717, 1.165) is 0 Å². The summed E-state index contributed by atoms with van der Waals surface area (Å²) < 4.78 is 37.4. The van der Waals surface area contributed by atoms with Gasteiger partial charge in [-0.2, -0.15) is 4.31 Å². The van der Waals surface area contributed by atoms with Crippen LogP contribution in [-0.2, 0) is 14.8 Å². The largest absolute Gasteiger partial charge is 0.492 e. The number of nitrogens with zero attached hydrogens (tertiary/aromatic N) is 1. The van der Waals surface area contributed by atoms with Gasteiger partial charge in [0.1, 0.15) is 5.75 Å². The van der Waals surface area contributed by atoms with E-state index in [0.29, 0.717) is 67.2 Å². The number of hydrogen-bond acceptors (Lipinski definition) is 5. The van der Waals surface area contributed by atoms with Crippen LogP contribution in [0.4, 0.5) is 0 Å². The molecule has 0 bridgehead atoms. The molecule has 2 aromatic carbocycles. The Morgan fingerprint density at radius 3 is 2.47 bits per heavy atom. The van der Waals surface area contributed by atoms with Crippen LogP contribution in [-0.4, -0.2) is 58.1 Å². The first-order valence-corrected chi connectivity index (χ1v) is 11.6. The Morgan fingerprint density at radius 2 is 1.80 bits per heavy atom.